The van der Waals surface area contributed by atoms with Gasteiger partial charge in [0, 0.05) is 33.4 Å². The van der Waals surface area contributed by atoms with Crippen LogP contribution in [0.2, 0.25) is 0 Å². The topological polar surface area (TPSA) is 77.3 Å². The summed E-state index contributed by atoms with van der Waals surface area (Å²) in [5, 5.41) is 2.18. The smallest absolute Gasteiger partial charge is 0.164 e. The fourth-order valence-electron chi connectivity index (χ4n) is 9.35. The predicted molar refractivity (Wildman–Crippen MR) is 237 cm³/mol. The molecule has 2 aliphatic rings. The Morgan fingerprint density at radius 3 is 1.36 bits per heavy atom. The molecular weight excluding hydrogens is 721 g/mol. The fourth-order valence-corrected chi connectivity index (χ4v) is 9.35. The first-order valence-corrected chi connectivity index (χ1v) is 20.6. The normalized spacial score (nSPS) is 17.1. The van der Waals surface area contributed by atoms with Crippen LogP contribution in [-0.2, 0) is 5.41 Å². The van der Waals surface area contributed by atoms with Crippen LogP contribution in [0.5, 0.6) is 0 Å². The molecule has 0 N–H and O–H groups in total. The molecule has 2 aromatic heterocycles. The predicted octanol–water partition coefficient (Wildman–Crippen LogP) is 12.7. The minimum absolute atomic E-state index is 0.344. The lowest BCUT2D eigenvalue weighted by atomic mass is 9.77. The van der Waals surface area contributed by atoms with Gasteiger partial charge in [0.25, 0.3) is 0 Å². The second-order valence-electron chi connectivity index (χ2n) is 16.0. The summed E-state index contributed by atoms with van der Waals surface area (Å²) in [6.07, 6.45) is 6.65. The van der Waals surface area contributed by atoms with Gasteiger partial charge in [0.05, 0.1) is 0 Å². The van der Waals surface area contributed by atoms with Crippen molar-refractivity contribution in [3.63, 3.8) is 0 Å². The van der Waals surface area contributed by atoms with E-state index in [4.69, 9.17) is 29.9 Å². The Morgan fingerprint density at radius 1 is 0.356 bits per heavy atom. The van der Waals surface area contributed by atoms with Crippen molar-refractivity contribution in [1.29, 1.82) is 0 Å². The Morgan fingerprint density at radius 2 is 0.814 bits per heavy atom. The van der Waals surface area contributed by atoms with Crippen LogP contribution in [0.3, 0.4) is 0 Å². The zero-order chi connectivity index (χ0) is 39.2. The van der Waals surface area contributed by atoms with Gasteiger partial charge in [-0.05, 0) is 89.1 Å². The molecule has 59 heavy (non-hydrogen) atoms. The molecule has 2 saturated carbocycles. The van der Waals surface area contributed by atoms with Crippen molar-refractivity contribution in [2.75, 3.05) is 0 Å². The first-order valence-electron chi connectivity index (χ1n) is 20.6. The fraction of sp³-hybridized carbons (Fsp3) is 0.132. The second-order valence-corrected chi connectivity index (χ2v) is 16.0. The van der Waals surface area contributed by atoms with Crippen molar-refractivity contribution in [2.45, 2.75) is 37.5 Å². The summed E-state index contributed by atoms with van der Waals surface area (Å²) in [6.45, 7) is 0. The lowest BCUT2D eigenvalue weighted by Gasteiger charge is -2.27. The minimum atomic E-state index is 0.344. The third-order valence-electron chi connectivity index (χ3n) is 12.4. The minimum Gasteiger partial charge on any atom is -0.208 e. The number of fused-ring (bicyclic) bond motifs is 3. The van der Waals surface area contributed by atoms with Gasteiger partial charge in [0.15, 0.2) is 34.9 Å². The van der Waals surface area contributed by atoms with E-state index in [2.05, 4.69) is 97.1 Å². The van der Waals surface area contributed by atoms with Crippen molar-refractivity contribution < 1.29 is 0 Å². The number of benzene rings is 7. The zero-order valence-electron chi connectivity index (χ0n) is 32.5. The average molecular weight is 761 g/mol. The molecule has 282 valence electrons. The van der Waals surface area contributed by atoms with Crippen molar-refractivity contribution in [1.82, 2.24) is 29.9 Å². The SMILES string of the molecule is c1ccc(-c2nc(-c3ccccc3)nc(-c3cccc(-c4cc(-c5nc(-c6ccccc6)nc(-c6ccc(C78CCC(CC7)C8)cc6)n5)c5ccccc5c4)c3)n2)cc1. The largest absolute Gasteiger partial charge is 0.208 e. The standard InChI is InChI=1S/C53H40N6/c1-4-13-36(14-5-1)47-54-48(37-15-6-2-7-16-37)57-51(56-47)42-21-12-20-40(31-42)43-32-41-19-10-11-22-45(41)46(33-43)52-58-49(38-17-8-3-9-18-38)55-50(59-52)39-23-25-44(26-24-39)53-29-27-35(34-53)28-30-53/h1-26,31-33,35H,27-30,34H2. The molecule has 11 rings (SSSR count). The monoisotopic (exact) mass is 760 g/mol. The first-order chi connectivity index (χ1) is 29.1. The van der Waals surface area contributed by atoms with E-state index in [-0.39, 0.29) is 0 Å². The molecule has 0 amide bonds. The molecule has 6 nitrogen and oxygen atoms in total. The summed E-state index contributed by atoms with van der Waals surface area (Å²) < 4.78 is 0. The van der Waals surface area contributed by atoms with E-state index in [1.54, 1.807) is 0 Å². The number of aromatic nitrogens is 6. The van der Waals surface area contributed by atoms with Crippen molar-refractivity contribution in [2.24, 2.45) is 5.92 Å². The lowest BCUT2D eigenvalue weighted by molar-refractivity contribution is 0.419. The molecule has 0 radical (unpaired) electrons. The summed E-state index contributed by atoms with van der Waals surface area (Å²) in [5.74, 6) is 4.73. The van der Waals surface area contributed by atoms with Crippen LogP contribution in [-0.4, -0.2) is 29.9 Å². The van der Waals surface area contributed by atoms with E-state index in [1.807, 2.05) is 78.9 Å². The maximum atomic E-state index is 5.25. The van der Waals surface area contributed by atoms with Crippen LogP contribution in [0.4, 0.5) is 0 Å². The van der Waals surface area contributed by atoms with Crippen LogP contribution in [0.15, 0.2) is 176 Å². The van der Waals surface area contributed by atoms with Crippen LogP contribution >= 0.6 is 0 Å². The number of nitrogens with zero attached hydrogens (tertiary/aromatic N) is 6. The molecule has 0 saturated heterocycles. The molecule has 6 heteroatoms. The van der Waals surface area contributed by atoms with Crippen LogP contribution < -0.4 is 0 Å². The Labute approximate surface area is 343 Å². The van der Waals surface area contributed by atoms with Crippen molar-refractivity contribution >= 4 is 10.8 Å². The van der Waals surface area contributed by atoms with Gasteiger partial charge in [0.2, 0.25) is 0 Å². The lowest BCUT2D eigenvalue weighted by Crippen LogP contribution is -2.19. The summed E-state index contributed by atoms with van der Waals surface area (Å²) in [6, 6.07) is 60.9. The van der Waals surface area contributed by atoms with E-state index in [0.29, 0.717) is 40.4 Å². The second kappa shape index (κ2) is 14.6. The number of rotatable bonds is 8. The molecule has 9 aromatic rings. The highest BCUT2D eigenvalue weighted by atomic mass is 15.0. The van der Waals surface area contributed by atoms with Gasteiger partial charge >= 0.3 is 0 Å². The van der Waals surface area contributed by atoms with Crippen molar-refractivity contribution in [3.8, 4) is 79.5 Å². The molecule has 0 unspecified atom stereocenters. The molecule has 0 atom stereocenters. The zero-order valence-corrected chi connectivity index (χ0v) is 32.5. The molecule has 2 bridgehead atoms. The van der Waals surface area contributed by atoms with Gasteiger partial charge in [-0.2, -0.15) is 0 Å². The molecule has 2 fully saturated rings. The van der Waals surface area contributed by atoms with Crippen LogP contribution in [0.25, 0.3) is 90.2 Å². The summed E-state index contributed by atoms with van der Waals surface area (Å²) in [5.41, 5.74) is 9.54. The van der Waals surface area contributed by atoms with Gasteiger partial charge in [-0.1, -0.05) is 158 Å². The molecule has 2 heterocycles. The summed E-state index contributed by atoms with van der Waals surface area (Å²) in [7, 11) is 0. The molecule has 0 spiro atoms. The molecule has 0 aliphatic heterocycles. The van der Waals surface area contributed by atoms with E-state index in [0.717, 1.165) is 61.2 Å². The van der Waals surface area contributed by atoms with Gasteiger partial charge < -0.3 is 0 Å². The summed E-state index contributed by atoms with van der Waals surface area (Å²) in [4.78, 5) is 30.5. The van der Waals surface area contributed by atoms with E-state index in [1.165, 1.54) is 37.7 Å². The van der Waals surface area contributed by atoms with Gasteiger partial charge in [-0.3, -0.25) is 0 Å². The summed E-state index contributed by atoms with van der Waals surface area (Å²) >= 11 is 0. The van der Waals surface area contributed by atoms with Gasteiger partial charge in [-0.25, -0.2) is 29.9 Å². The first kappa shape index (κ1) is 35.0. The molecule has 2 aliphatic carbocycles. The molecule has 7 aromatic carbocycles. The van der Waals surface area contributed by atoms with Crippen LogP contribution in [0, 0.1) is 5.92 Å². The molecular formula is C53H40N6. The van der Waals surface area contributed by atoms with Crippen LogP contribution in [0.1, 0.15) is 37.7 Å². The highest BCUT2D eigenvalue weighted by Crippen LogP contribution is 2.55. The quantitative estimate of drug-likeness (QED) is 0.153. The average Bonchev–Trinajstić information content (AvgIpc) is 3.95. The van der Waals surface area contributed by atoms with E-state index >= 15 is 0 Å². The highest BCUT2D eigenvalue weighted by molar-refractivity contribution is 5.99. The number of hydrogen-bond acceptors (Lipinski definition) is 6. The van der Waals surface area contributed by atoms with Crippen molar-refractivity contribution in [3.05, 3.63) is 181 Å². The Hall–Kier alpha value is -7.18. The maximum Gasteiger partial charge on any atom is 0.164 e. The number of hydrogen-bond donors (Lipinski definition) is 0. The third-order valence-corrected chi connectivity index (χ3v) is 12.4. The Kier molecular flexibility index (Phi) is 8.69. The maximum absolute atomic E-state index is 5.25. The third kappa shape index (κ3) is 6.66. The van der Waals surface area contributed by atoms with E-state index < -0.39 is 0 Å². The highest BCUT2D eigenvalue weighted by Gasteiger charge is 2.45. The Balaban J connectivity index is 1.03. The van der Waals surface area contributed by atoms with E-state index in [9.17, 15) is 0 Å². The van der Waals surface area contributed by atoms with Gasteiger partial charge in [-0.15, -0.1) is 0 Å². The Bertz CT molecular complexity index is 2900. The van der Waals surface area contributed by atoms with Gasteiger partial charge in [0.1, 0.15) is 0 Å².